The highest BCUT2D eigenvalue weighted by atomic mass is 32.1. The molecule has 10 heteroatoms. The van der Waals surface area contributed by atoms with Crippen LogP contribution in [0.4, 0.5) is 5.13 Å². The van der Waals surface area contributed by atoms with Crippen molar-refractivity contribution in [3.63, 3.8) is 0 Å². The van der Waals surface area contributed by atoms with Gasteiger partial charge in [0.25, 0.3) is 0 Å². The summed E-state index contributed by atoms with van der Waals surface area (Å²) >= 11 is 5.44. The number of thiazole rings is 1. The smallest absolute Gasteiger partial charge is 0.183 e. The van der Waals surface area contributed by atoms with E-state index in [1.54, 1.807) is 11.6 Å². The van der Waals surface area contributed by atoms with Gasteiger partial charge in [-0.25, -0.2) is 10.1 Å². The van der Waals surface area contributed by atoms with Gasteiger partial charge in [0.15, 0.2) is 16.3 Å². The molecule has 0 aromatic carbocycles. The molecule has 84 valence electrons. The first-order valence-electron chi connectivity index (χ1n) is 4.21. The number of aromatic amines is 1. The van der Waals surface area contributed by atoms with E-state index in [9.17, 15) is 4.91 Å². The number of anilines is 1. The number of H-pyrrole nitrogens is 1. The van der Waals surface area contributed by atoms with E-state index >= 15 is 0 Å². The number of nitrogens with one attached hydrogen (secondary N) is 2. The molecule has 0 aliphatic rings. The van der Waals surface area contributed by atoms with Crippen molar-refractivity contribution in [3.05, 3.63) is 22.3 Å². The van der Waals surface area contributed by atoms with Gasteiger partial charge in [-0.1, -0.05) is 5.18 Å². The zero-order chi connectivity index (χ0) is 11.4. The summed E-state index contributed by atoms with van der Waals surface area (Å²) in [6.07, 6.45) is 1.64. The van der Waals surface area contributed by atoms with Gasteiger partial charge in [0.1, 0.15) is 6.04 Å². The van der Waals surface area contributed by atoms with Gasteiger partial charge >= 0.3 is 0 Å². The Bertz CT molecular complexity index is 430. The molecule has 2 heterocycles. The second kappa shape index (κ2) is 4.99. The summed E-state index contributed by atoms with van der Waals surface area (Å²) in [4.78, 5) is 14.5. The molecule has 1 unspecified atom stereocenters. The minimum absolute atomic E-state index is 0.384. The lowest BCUT2D eigenvalue weighted by molar-refractivity contribution is 0.692. The molecule has 0 fully saturated rings. The van der Waals surface area contributed by atoms with Gasteiger partial charge in [0.2, 0.25) is 0 Å². The van der Waals surface area contributed by atoms with Gasteiger partial charge in [0.05, 0.1) is 0 Å². The van der Waals surface area contributed by atoms with E-state index in [-0.39, 0.29) is 0 Å². The minimum atomic E-state index is -0.807. The number of nitrogens with zero attached hydrogens (tertiary/aromatic N) is 5. The Balaban J connectivity index is 2.18. The molecule has 8 nitrogen and oxygen atoms in total. The van der Waals surface area contributed by atoms with E-state index in [0.29, 0.717) is 11.0 Å². The van der Waals surface area contributed by atoms with Crippen LogP contribution in [0.3, 0.4) is 0 Å². The van der Waals surface area contributed by atoms with Gasteiger partial charge in [-0.3, -0.25) is 0 Å². The van der Waals surface area contributed by atoms with Crippen LogP contribution in [0.1, 0.15) is 11.9 Å². The predicted molar refractivity (Wildman–Crippen MR) is 61.2 cm³/mol. The maximum Gasteiger partial charge on any atom is 0.183 e. The van der Waals surface area contributed by atoms with Crippen molar-refractivity contribution >= 4 is 29.1 Å². The van der Waals surface area contributed by atoms with Crippen LogP contribution in [-0.4, -0.2) is 31.0 Å². The highest BCUT2D eigenvalue weighted by Crippen LogP contribution is 2.24. The van der Waals surface area contributed by atoms with Crippen LogP contribution < -0.4 is 5.32 Å². The lowest BCUT2D eigenvalue weighted by atomic mass is 10.3. The Kier molecular flexibility index (Phi) is 3.41. The zero-order valence-corrected chi connectivity index (χ0v) is 9.52. The lowest BCUT2D eigenvalue weighted by Gasteiger charge is -2.15. The highest BCUT2D eigenvalue weighted by molar-refractivity contribution is 7.81. The first-order valence-corrected chi connectivity index (χ1v) is 5.61. The normalized spacial score (nSPS) is 14.3. The molecule has 2 atom stereocenters. The van der Waals surface area contributed by atoms with Gasteiger partial charge in [0, 0.05) is 11.6 Å². The van der Waals surface area contributed by atoms with Crippen molar-refractivity contribution in [1.29, 1.82) is 0 Å². The molecule has 16 heavy (non-hydrogen) atoms. The minimum Gasteiger partial charge on any atom is -0.348 e. The molecule has 2 aromatic heterocycles. The summed E-state index contributed by atoms with van der Waals surface area (Å²) in [5.41, 5.74) is 0. The van der Waals surface area contributed by atoms with E-state index < -0.39 is 11.4 Å². The maximum atomic E-state index is 10.5. The van der Waals surface area contributed by atoms with Gasteiger partial charge < -0.3 is 5.32 Å². The summed E-state index contributed by atoms with van der Waals surface area (Å²) in [6.45, 7) is 0. The Morgan fingerprint density at radius 1 is 1.62 bits per heavy atom. The second-order valence-corrected chi connectivity index (χ2v) is 4.19. The topological polar surface area (TPSA) is 109 Å². The first kappa shape index (κ1) is 11.0. The second-order valence-electron chi connectivity index (χ2n) is 2.76. The number of rotatable bonds is 5. The van der Waals surface area contributed by atoms with Crippen molar-refractivity contribution in [2.24, 2.45) is 5.18 Å². The number of hydrogen-bond donors (Lipinski definition) is 3. The molecule has 2 rings (SSSR count). The molecule has 0 saturated heterocycles. The van der Waals surface area contributed by atoms with Crippen LogP contribution in [0.2, 0.25) is 0 Å². The number of aromatic nitrogens is 5. The van der Waals surface area contributed by atoms with Crippen LogP contribution in [0.15, 0.2) is 16.8 Å². The van der Waals surface area contributed by atoms with Crippen LogP contribution in [0.5, 0.6) is 0 Å². The average molecular weight is 257 g/mol. The fraction of sp³-hybridized carbons (Fsp3) is 0.333. The molecule has 0 spiro atoms. The van der Waals surface area contributed by atoms with Crippen LogP contribution >= 0.6 is 24.0 Å². The highest BCUT2D eigenvalue weighted by Gasteiger charge is 2.25. The summed E-state index contributed by atoms with van der Waals surface area (Å²) in [7, 11) is 0. The molecule has 0 amide bonds. The van der Waals surface area contributed by atoms with Crippen molar-refractivity contribution in [3.8, 4) is 0 Å². The van der Waals surface area contributed by atoms with Crippen molar-refractivity contribution in [2.75, 3.05) is 5.32 Å². The summed E-state index contributed by atoms with van der Waals surface area (Å²) in [5, 5.41) is 20.6. The van der Waals surface area contributed by atoms with Gasteiger partial charge in [-0.05, 0) is 10.4 Å². The molecule has 0 aliphatic heterocycles. The Hall–Kier alpha value is -1.55. The van der Waals surface area contributed by atoms with Gasteiger partial charge in [-0.15, -0.1) is 34.0 Å². The van der Waals surface area contributed by atoms with Crippen molar-refractivity contribution in [1.82, 2.24) is 25.6 Å². The lowest BCUT2D eigenvalue weighted by Crippen LogP contribution is -2.21. The number of nitroso groups, excluding NO2 is 1. The first-order chi connectivity index (χ1) is 7.81. The fourth-order valence-corrected chi connectivity index (χ4v) is 1.85. The molecule has 0 radical (unpaired) electrons. The number of hydrogen-bond acceptors (Lipinski definition) is 9. The van der Waals surface area contributed by atoms with E-state index in [4.69, 9.17) is 0 Å². The molecule has 0 aliphatic carbocycles. The monoisotopic (exact) mass is 257 g/mol. The van der Waals surface area contributed by atoms with Gasteiger partial charge in [-0.2, -0.15) is 0 Å². The summed E-state index contributed by atoms with van der Waals surface area (Å²) in [6, 6.07) is -0.540. The zero-order valence-electron chi connectivity index (χ0n) is 7.81. The maximum absolute atomic E-state index is 10.5. The summed E-state index contributed by atoms with van der Waals surface area (Å²) in [5.74, 6) is 0.384. The average Bonchev–Trinajstić information content (AvgIpc) is 2.97. The number of thiol groups is 1. The van der Waals surface area contributed by atoms with E-state index in [1.165, 1.54) is 11.3 Å². The Morgan fingerprint density at radius 2 is 2.50 bits per heavy atom. The third-order valence-electron chi connectivity index (χ3n) is 1.77. The summed E-state index contributed by atoms with van der Waals surface area (Å²) < 4.78 is 0. The number of tetrazole rings is 1. The molecule has 0 saturated carbocycles. The van der Waals surface area contributed by atoms with E-state index in [1.807, 2.05) is 0 Å². The fourth-order valence-electron chi connectivity index (χ4n) is 1.07. The molecular weight excluding hydrogens is 250 g/mol. The molecular formula is C6H7N7OS2. The predicted octanol–water partition coefficient (Wildman–Crippen LogP) is 0.832. The van der Waals surface area contributed by atoms with Crippen molar-refractivity contribution in [2.45, 2.75) is 11.4 Å². The quantitative estimate of drug-likeness (QED) is 0.540. The third-order valence-corrected chi connectivity index (χ3v) is 2.87. The molecule has 2 aromatic rings. The van der Waals surface area contributed by atoms with Crippen LogP contribution in [0.25, 0.3) is 0 Å². The van der Waals surface area contributed by atoms with E-state index in [0.717, 1.165) is 0 Å². The largest absolute Gasteiger partial charge is 0.348 e. The van der Waals surface area contributed by atoms with E-state index in [2.05, 4.69) is 48.7 Å². The van der Waals surface area contributed by atoms with Crippen LogP contribution in [-0.2, 0) is 0 Å². The molecule has 0 bridgehead atoms. The molecule has 2 N–H and O–H groups in total. The van der Waals surface area contributed by atoms with Crippen molar-refractivity contribution < 1.29 is 0 Å². The third kappa shape index (κ3) is 2.33. The Labute approximate surface area is 99.3 Å². The SMILES string of the molecule is O=N[C@H](S)C(Nc1nccs1)c1nnn[nH]1. The Morgan fingerprint density at radius 3 is 3.06 bits per heavy atom. The van der Waals surface area contributed by atoms with Crippen LogP contribution in [0, 0.1) is 4.91 Å². The standard InChI is InChI=1S/C6H7N7OS2/c14-11-5(15)3(4-9-12-13-10-4)8-6-7-1-2-16-6/h1-3,5,15H,(H,7,8)(H,9,10,12,13)/t3?,5-/m1/s1.